The van der Waals surface area contributed by atoms with Gasteiger partial charge in [0.1, 0.15) is 12.2 Å². The molecule has 0 radical (unpaired) electrons. The molecule has 3 saturated carbocycles. The van der Waals surface area contributed by atoms with Crippen LogP contribution in [0.4, 0.5) is 0 Å². The molecule has 4 heteroatoms. The van der Waals surface area contributed by atoms with Crippen LogP contribution in [0.15, 0.2) is 22.3 Å². The van der Waals surface area contributed by atoms with Crippen molar-refractivity contribution in [2.24, 2.45) is 35.5 Å². The molecule has 0 amide bonds. The van der Waals surface area contributed by atoms with Gasteiger partial charge in [-0.1, -0.05) is 65.5 Å². The van der Waals surface area contributed by atoms with E-state index in [1.807, 2.05) is 0 Å². The van der Waals surface area contributed by atoms with Gasteiger partial charge in [-0.05, 0) is 80.5 Å². The van der Waals surface area contributed by atoms with E-state index < -0.39 is 0 Å². The number of hydrogen-bond donors (Lipinski definition) is 0. The zero-order valence-electron chi connectivity index (χ0n) is 21.6. The summed E-state index contributed by atoms with van der Waals surface area (Å²) in [6, 6.07) is 0. The van der Waals surface area contributed by atoms with Crippen LogP contribution in [-0.2, 0) is 19.1 Å². The average molecular weight is 457 g/mol. The molecule has 33 heavy (non-hydrogen) atoms. The van der Waals surface area contributed by atoms with E-state index in [2.05, 4.69) is 41.5 Å². The molecule has 184 valence electrons. The molecule has 0 saturated heterocycles. The summed E-state index contributed by atoms with van der Waals surface area (Å²) in [4.78, 5) is 27.0. The van der Waals surface area contributed by atoms with Crippen molar-refractivity contribution in [1.82, 2.24) is 0 Å². The van der Waals surface area contributed by atoms with Crippen LogP contribution in [0.2, 0.25) is 0 Å². The fourth-order valence-electron chi connectivity index (χ4n) is 6.90. The van der Waals surface area contributed by atoms with Gasteiger partial charge in [0.25, 0.3) is 0 Å². The van der Waals surface area contributed by atoms with Gasteiger partial charge < -0.3 is 9.47 Å². The van der Waals surface area contributed by atoms with E-state index in [0.717, 1.165) is 56.1 Å². The first-order valence-corrected chi connectivity index (χ1v) is 13.5. The van der Waals surface area contributed by atoms with E-state index in [-0.39, 0.29) is 24.1 Å². The Balaban J connectivity index is 1.50. The molecule has 0 heterocycles. The summed E-state index contributed by atoms with van der Waals surface area (Å²) in [5.74, 6) is 2.33. The SMILES string of the molecule is CC1CCC(C(C)C)C(OC(=O)C2=C3CCC(=C2C(=O)OC2CC(C)CCC2C(C)C)C3)C1. The summed E-state index contributed by atoms with van der Waals surface area (Å²) in [6.07, 6.45) is 8.84. The zero-order valence-corrected chi connectivity index (χ0v) is 21.6. The first-order chi connectivity index (χ1) is 15.7. The maximum absolute atomic E-state index is 13.5. The topological polar surface area (TPSA) is 52.6 Å². The van der Waals surface area contributed by atoms with Crippen LogP contribution in [0, 0.1) is 35.5 Å². The minimum absolute atomic E-state index is 0.0553. The van der Waals surface area contributed by atoms with Crippen molar-refractivity contribution in [3.8, 4) is 0 Å². The Kier molecular flexibility index (Phi) is 7.41. The predicted octanol–water partition coefficient (Wildman–Crippen LogP) is 6.79. The van der Waals surface area contributed by atoms with Gasteiger partial charge in [-0.2, -0.15) is 0 Å². The maximum Gasteiger partial charge on any atom is 0.339 e. The van der Waals surface area contributed by atoms with Gasteiger partial charge in [0.2, 0.25) is 0 Å². The number of carbonyl (C=O) groups excluding carboxylic acids is 2. The highest BCUT2D eigenvalue weighted by atomic mass is 16.6. The number of fused-ring (bicyclic) bond motifs is 2. The molecular weight excluding hydrogens is 412 g/mol. The molecule has 4 nitrogen and oxygen atoms in total. The van der Waals surface area contributed by atoms with Gasteiger partial charge in [-0.15, -0.1) is 0 Å². The summed E-state index contributed by atoms with van der Waals surface area (Å²) in [5.41, 5.74) is 3.27. The molecule has 0 spiro atoms. The molecule has 0 aromatic carbocycles. The molecule has 0 aromatic heterocycles. The van der Waals surface area contributed by atoms with E-state index in [4.69, 9.17) is 9.47 Å². The average Bonchev–Trinajstić information content (AvgIpc) is 3.35. The molecular formula is C29H44O4. The smallest absolute Gasteiger partial charge is 0.339 e. The Morgan fingerprint density at radius 3 is 1.45 bits per heavy atom. The maximum atomic E-state index is 13.5. The lowest BCUT2D eigenvalue weighted by molar-refractivity contribution is -0.155. The van der Waals surface area contributed by atoms with Crippen LogP contribution in [0.25, 0.3) is 0 Å². The third kappa shape index (κ3) is 5.10. The molecule has 0 aliphatic heterocycles. The minimum atomic E-state index is -0.283. The summed E-state index contributed by atoms with van der Waals surface area (Å²) in [5, 5.41) is 0. The number of carbonyl (C=O) groups is 2. The Hall–Kier alpha value is -1.58. The standard InChI is InChI=1S/C29H44O4/c1-16(2)22-11-7-18(5)13-24(22)32-28(30)26-20-9-10-21(15-20)27(26)29(31)33-25-14-19(6)8-12-23(25)17(3)4/h16-19,22-25H,7-15H2,1-6H3. The fraction of sp³-hybridized carbons (Fsp3) is 0.793. The van der Waals surface area contributed by atoms with E-state index in [9.17, 15) is 9.59 Å². The number of esters is 2. The van der Waals surface area contributed by atoms with Crippen molar-refractivity contribution in [2.45, 2.75) is 112 Å². The number of allylic oxidation sites excluding steroid dienone is 2. The molecule has 2 bridgehead atoms. The highest BCUT2D eigenvalue weighted by molar-refractivity contribution is 6.10. The van der Waals surface area contributed by atoms with E-state index in [1.54, 1.807) is 0 Å². The molecule has 0 aromatic rings. The second kappa shape index (κ2) is 9.96. The highest BCUT2D eigenvalue weighted by Gasteiger charge is 2.42. The van der Waals surface area contributed by atoms with Crippen LogP contribution in [-0.4, -0.2) is 24.1 Å². The van der Waals surface area contributed by atoms with Crippen LogP contribution < -0.4 is 0 Å². The summed E-state index contributed by atoms with van der Waals surface area (Å²) >= 11 is 0. The lowest BCUT2D eigenvalue weighted by Crippen LogP contribution is -2.38. The largest absolute Gasteiger partial charge is 0.458 e. The van der Waals surface area contributed by atoms with Gasteiger partial charge in [0, 0.05) is 0 Å². The third-order valence-corrected chi connectivity index (χ3v) is 8.96. The van der Waals surface area contributed by atoms with Crippen LogP contribution in [0.3, 0.4) is 0 Å². The summed E-state index contributed by atoms with van der Waals surface area (Å²) in [7, 11) is 0. The normalized spacial score (nSPS) is 34.4. The number of ether oxygens (including phenoxy) is 2. The highest BCUT2D eigenvalue weighted by Crippen LogP contribution is 2.46. The lowest BCUT2D eigenvalue weighted by Gasteiger charge is -2.37. The Morgan fingerprint density at radius 1 is 0.697 bits per heavy atom. The zero-order chi connectivity index (χ0) is 23.9. The van der Waals surface area contributed by atoms with Crippen LogP contribution >= 0.6 is 0 Å². The van der Waals surface area contributed by atoms with Crippen molar-refractivity contribution >= 4 is 11.9 Å². The molecule has 3 fully saturated rings. The molecule has 6 unspecified atom stereocenters. The molecule has 4 aliphatic rings. The first-order valence-electron chi connectivity index (χ1n) is 13.5. The van der Waals surface area contributed by atoms with Crippen LogP contribution in [0.1, 0.15) is 99.3 Å². The monoisotopic (exact) mass is 456 g/mol. The predicted molar refractivity (Wildman–Crippen MR) is 130 cm³/mol. The molecule has 0 N–H and O–H groups in total. The Labute approximate surface area is 200 Å². The van der Waals surface area contributed by atoms with Crippen molar-refractivity contribution in [3.63, 3.8) is 0 Å². The fourth-order valence-corrected chi connectivity index (χ4v) is 6.90. The third-order valence-electron chi connectivity index (χ3n) is 8.96. The second-order valence-corrected chi connectivity index (χ2v) is 12.2. The van der Waals surface area contributed by atoms with E-state index in [0.29, 0.717) is 46.7 Å². The summed E-state index contributed by atoms with van der Waals surface area (Å²) in [6.45, 7) is 13.4. The molecule has 6 atom stereocenters. The van der Waals surface area contributed by atoms with Crippen molar-refractivity contribution in [3.05, 3.63) is 22.3 Å². The van der Waals surface area contributed by atoms with Crippen molar-refractivity contribution in [1.29, 1.82) is 0 Å². The number of rotatable bonds is 6. The lowest BCUT2D eigenvalue weighted by atomic mass is 9.75. The van der Waals surface area contributed by atoms with Gasteiger partial charge in [0.05, 0.1) is 11.1 Å². The Bertz CT molecular complexity index is 765. The van der Waals surface area contributed by atoms with Gasteiger partial charge in [0.15, 0.2) is 0 Å². The van der Waals surface area contributed by atoms with E-state index >= 15 is 0 Å². The van der Waals surface area contributed by atoms with Gasteiger partial charge >= 0.3 is 11.9 Å². The van der Waals surface area contributed by atoms with E-state index in [1.165, 1.54) is 12.8 Å². The quantitative estimate of drug-likeness (QED) is 0.413. The van der Waals surface area contributed by atoms with Crippen molar-refractivity contribution < 1.29 is 19.1 Å². The molecule has 4 rings (SSSR count). The van der Waals surface area contributed by atoms with Gasteiger partial charge in [-0.25, -0.2) is 9.59 Å². The minimum Gasteiger partial charge on any atom is -0.458 e. The van der Waals surface area contributed by atoms with Gasteiger partial charge in [-0.3, -0.25) is 0 Å². The first kappa shape index (κ1) is 24.5. The second-order valence-electron chi connectivity index (χ2n) is 12.2. The summed E-state index contributed by atoms with van der Waals surface area (Å²) < 4.78 is 12.4. The number of hydrogen-bond acceptors (Lipinski definition) is 4. The van der Waals surface area contributed by atoms with Crippen LogP contribution in [0.5, 0.6) is 0 Å². The van der Waals surface area contributed by atoms with Crippen molar-refractivity contribution in [2.75, 3.05) is 0 Å². The molecule has 4 aliphatic carbocycles. The Morgan fingerprint density at radius 2 is 1.09 bits per heavy atom.